The molecular formula is C21H12Cl2IN3OS2. The molecule has 0 bridgehead atoms. The first kappa shape index (κ1) is 21.5. The first-order chi connectivity index (χ1) is 14.4. The van der Waals surface area contributed by atoms with Crippen LogP contribution >= 0.6 is 69.3 Å². The van der Waals surface area contributed by atoms with Gasteiger partial charge in [0.25, 0.3) is 5.91 Å². The number of fused-ring (bicyclic) bond motifs is 1. The van der Waals surface area contributed by atoms with Crippen LogP contribution in [-0.2, 0) is 0 Å². The molecule has 3 aromatic carbocycles. The lowest BCUT2D eigenvalue weighted by atomic mass is 10.2. The van der Waals surface area contributed by atoms with Crippen LogP contribution in [-0.4, -0.2) is 16.0 Å². The Kier molecular flexibility index (Phi) is 6.54. The molecular weight excluding hydrogens is 572 g/mol. The molecule has 0 radical (unpaired) electrons. The third kappa shape index (κ3) is 4.76. The van der Waals surface area contributed by atoms with Crippen molar-refractivity contribution in [3.63, 3.8) is 0 Å². The van der Waals surface area contributed by atoms with Crippen LogP contribution in [0, 0.1) is 3.57 Å². The van der Waals surface area contributed by atoms with Crippen LogP contribution in [0.5, 0.6) is 0 Å². The van der Waals surface area contributed by atoms with E-state index in [1.807, 2.05) is 36.4 Å². The zero-order valence-electron chi connectivity index (χ0n) is 15.1. The van der Waals surface area contributed by atoms with Gasteiger partial charge in [-0.2, -0.15) is 0 Å². The Morgan fingerprint density at radius 2 is 1.87 bits per heavy atom. The van der Waals surface area contributed by atoms with Gasteiger partial charge in [-0.1, -0.05) is 35.3 Å². The van der Waals surface area contributed by atoms with Crippen LogP contribution in [0.15, 0.2) is 60.7 Å². The van der Waals surface area contributed by atoms with Gasteiger partial charge in [-0.15, -0.1) is 11.3 Å². The molecule has 0 spiro atoms. The average molecular weight is 584 g/mol. The van der Waals surface area contributed by atoms with Gasteiger partial charge in [0, 0.05) is 14.2 Å². The van der Waals surface area contributed by atoms with E-state index in [2.05, 4.69) is 33.2 Å². The molecule has 9 heteroatoms. The maximum atomic E-state index is 12.6. The quantitative estimate of drug-likeness (QED) is 0.201. The van der Waals surface area contributed by atoms with Gasteiger partial charge < -0.3 is 5.32 Å². The van der Waals surface area contributed by atoms with E-state index in [4.69, 9.17) is 40.4 Å². The number of thiazole rings is 1. The molecule has 0 fully saturated rings. The largest absolute Gasteiger partial charge is 0.332 e. The van der Waals surface area contributed by atoms with Gasteiger partial charge in [-0.05, 0) is 83.3 Å². The van der Waals surface area contributed by atoms with Crippen LogP contribution in [0.1, 0.15) is 10.4 Å². The lowest BCUT2D eigenvalue weighted by molar-refractivity contribution is 0.0978. The Bertz CT molecular complexity index is 1260. The van der Waals surface area contributed by atoms with Crippen LogP contribution < -0.4 is 10.6 Å². The topological polar surface area (TPSA) is 54.0 Å². The molecule has 0 saturated carbocycles. The molecule has 150 valence electrons. The van der Waals surface area contributed by atoms with E-state index in [1.54, 1.807) is 35.6 Å². The highest BCUT2D eigenvalue weighted by Crippen LogP contribution is 2.36. The fourth-order valence-electron chi connectivity index (χ4n) is 2.79. The number of halogens is 3. The van der Waals surface area contributed by atoms with Crippen molar-refractivity contribution in [1.82, 2.24) is 10.3 Å². The van der Waals surface area contributed by atoms with Crippen LogP contribution in [0.2, 0.25) is 10.0 Å². The number of aromatic nitrogens is 1. The van der Waals surface area contributed by atoms with E-state index in [1.165, 1.54) is 0 Å². The molecule has 4 nitrogen and oxygen atoms in total. The summed E-state index contributed by atoms with van der Waals surface area (Å²) in [5.41, 5.74) is 2.76. The zero-order valence-corrected chi connectivity index (χ0v) is 20.4. The minimum atomic E-state index is -0.383. The summed E-state index contributed by atoms with van der Waals surface area (Å²) in [5, 5.41) is 7.65. The average Bonchev–Trinajstić information content (AvgIpc) is 3.15. The summed E-state index contributed by atoms with van der Waals surface area (Å²) in [5.74, 6) is -0.383. The smallest absolute Gasteiger partial charge is 0.258 e. The fourth-order valence-corrected chi connectivity index (χ4v) is 4.85. The molecule has 0 unspecified atom stereocenters. The summed E-state index contributed by atoms with van der Waals surface area (Å²) >= 11 is 21.4. The number of hydrogen-bond acceptors (Lipinski definition) is 4. The molecule has 0 aliphatic heterocycles. The van der Waals surface area contributed by atoms with Gasteiger partial charge in [0.05, 0.1) is 26.5 Å². The van der Waals surface area contributed by atoms with Gasteiger partial charge in [-0.25, -0.2) is 4.98 Å². The van der Waals surface area contributed by atoms with Crippen molar-refractivity contribution in [2.75, 3.05) is 5.32 Å². The minimum Gasteiger partial charge on any atom is -0.332 e. The van der Waals surface area contributed by atoms with E-state index in [9.17, 15) is 4.79 Å². The van der Waals surface area contributed by atoms with Crippen LogP contribution in [0.3, 0.4) is 0 Å². The van der Waals surface area contributed by atoms with Crippen molar-refractivity contribution in [3.8, 4) is 10.6 Å². The molecule has 1 amide bonds. The Balaban J connectivity index is 1.59. The van der Waals surface area contributed by atoms with Crippen molar-refractivity contribution in [2.24, 2.45) is 0 Å². The Labute approximate surface area is 205 Å². The third-order valence-electron chi connectivity index (χ3n) is 4.15. The number of anilines is 1. The van der Waals surface area contributed by atoms with Gasteiger partial charge >= 0.3 is 0 Å². The van der Waals surface area contributed by atoms with Crippen molar-refractivity contribution in [1.29, 1.82) is 0 Å². The number of nitrogens with one attached hydrogen (secondary N) is 2. The SMILES string of the molecule is O=C(NC(=S)Nc1ccc(Cl)cc1-c1nc2ccccc2s1)c1cc(I)ccc1Cl. The Morgan fingerprint density at radius 3 is 2.67 bits per heavy atom. The molecule has 1 heterocycles. The maximum Gasteiger partial charge on any atom is 0.258 e. The van der Waals surface area contributed by atoms with Crippen molar-refractivity contribution >= 4 is 96.3 Å². The Morgan fingerprint density at radius 1 is 1.07 bits per heavy atom. The molecule has 4 rings (SSSR count). The second kappa shape index (κ2) is 9.15. The summed E-state index contributed by atoms with van der Waals surface area (Å²) in [6.45, 7) is 0. The zero-order chi connectivity index (χ0) is 21.3. The number of hydrogen-bond donors (Lipinski definition) is 2. The first-order valence-corrected chi connectivity index (χ1v) is 11.7. The molecule has 2 N–H and O–H groups in total. The summed E-state index contributed by atoms with van der Waals surface area (Å²) < 4.78 is 1.97. The summed E-state index contributed by atoms with van der Waals surface area (Å²) in [6, 6.07) is 18.5. The second-order valence-corrected chi connectivity index (χ2v) is 9.74. The second-order valence-electron chi connectivity index (χ2n) is 6.21. The number of carbonyl (C=O) groups is 1. The van der Waals surface area contributed by atoms with E-state index in [-0.39, 0.29) is 11.0 Å². The summed E-state index contributed by atoms with van der Waals surface area (Å²) in [6.07, 6.45) is 0. The number of para-hydroxylation sites is 1. The molecule has 1 aromatic heterocycles. The minimum absolute atomic E-state index is 0.152. The molecule has 30 heavy (non-hydrogen) atoms. The number of carbonyl (C=O) groups excluding carboxylic acids is 1. The van der Waals surface area contributed by atoms with Crippen LogP contribution in [0.25, 0.3) is 20.8 Å². The summed E-state index contributed by atoms with van der Waals surface area (Å²) in [4.78, 5) is 17.3. The molecule has 0 saturated heterocycles. The predicted octanol–water partition coefficient (Wildman–Crippen LogP) is 7.00. The van der Waals surface area contributed by atoms with Gasteiger partial charge in [0.15, 0.2) is 5.11 Å². The fraction of sp³-hybridized carbons (Fsp3) is 0. The normalized spacial score (nSPS) is 10.8. The third-order valence-corrected chi connectivity index (χ3v) is 6.66. The van der Waals surface area contributed by atoms with Crippen molar-refractivity contribution in [3.05, 3.63) is 79.8 Å². The monoisotopic (exact) mass is 583 g/mol. The highest BCUT2D eigenvalue weighted by Gasteiger charge is 2.15. The maximum absolute atomic E-state index is 12.6. The number of benzene rings is 3. The molecule has 0 atom stereocenters. The summed E-state index contributed by atoms with van der Waals surface area (Å²) in [7, 11) is 0. The van der Waals surface area contributed by atoms with E-state index in [0.717, 1.165) is 24.4 Å². The van der Waals surface area contributed by atoms with Gasteiger partial charge in [0.2, 0.25) is 0 Å². The van der Waals surface area contributed by atoms with Crippen LogP contribution in [0.4, 0.5) is 5.69 Å². The van der Waals surface area contributed by atoms with E-state index < -0.39 is 0 Å². The standard InChI is InChI=1S/C21H12Cl2IN3OS2/c22-11-5-8-16(14(9-11)20-25-17-3-1-2-4-18(17)30-20)26-21(29)27-19(28)13-10-12(24)6-7-15(13)23/h1-10H,(H2,26,27,28,29). The first-order valence-electron chi connectivity index (χ1n) is 8.63. The predicted molar refractivity (Wildman–Crippen MR) is 138 cm³/mol. The number of thiocarbonyl (C=S) groups is 1. The van der Waals surface area contributed by atoms with E-state index >= 15 is 0 Å². The lowest BCUT2D eigenvalue weighted by Gasteiger charge is -2.13. The molecule has 0 aliphatic rings. The highest BCUT2D eigenvalue weighted by molar-refractivity contribution is 14.1. The molecule has 4 aromatic rings. The lowest BCUT2D eigenvalue weighted by Crippen LogP contribution is -2.34. The number of amides is 1. The highest BCUT2D eigenvalue weighted by atomic mass is 127. The number of nitrogens with zero attached hydrogens (tertiary/aromatic N) is 1. The molecule has 0 aliphatic carbocycles. The van der Waals surface area contributed by atoms with Gasteiger partial charge in [-0.3, -0.25) is 10.1 Å². The Hall–Kier alpha value is -1.78. The van der Waals surface area contributed by atoms with Crippen molar-refractivity contribution < 1.29 is 4.79 Å². The van der Waals surface area contributed by atoms with E-state index in [0.29, 0.717) is 21.3 Å². The number of rotatable bonds is 3. The van der Waals surface area contributed by atoms with Gasteiger partial charge in [0.1, 0.15) is 5.01 Å². The van der Waals surface area contributed by atoms with Crippen molar-refractivity contribution in [2.45, 2.75) is 0 Å².